The van der Waals surface area contributed by atoms with Crippen LogP contribution in [0.3, 0.4) is 0 Å². The molecule has 2 heterocycles. The molecule has 0 amide bonds. The number of rotatable bonds is 8. The van der Waals surface area contributed by atoms with Crippen LogP contribution in [-0.4, -0.2) is 0 Å². The van der Waals surface area contributed by atoms with Crippen molar-refractivity contribution in [3.05, 3.63) is 279 Å². The Kier molecular flexibility index (Phi) is 9.91. The third-order valence-corrected chi connectivity index (χ3v) is 16.0. The Hall–Kier alpha value is -10.4. The van der Waals surface area contributed by atoms with Gasteiger partial charge in [0.1, 0.15) is 16.7 Å². The van der Waals surface area contributed by atoms with Crippen molar-refractivity contribution in [3.8, 4) is 22.3 Å². The van der Waals surface area contributed by atoms with Crippen molar-refractivity contribution in [3.63, 3.8) is 0 Å². The number of para-hydroxylation sites is 1. The molecule has 0 aliphatic rings. The van der Waals surface area contributed by atoms with Gasteiger partial charge in [-0.05, 0) is 126 Å². The summed E-state index contributed by atoms with van der Waals surface area (Å²) in [7, 11) is 0. The molecular weight excluding hydrogens is 949 g/mol. The molecule has 0 saturated heterocycles. The van der Waals surface area contributed by atoms with E-state index in [0.717, 1.165) is 127 Å². The minimum absolute atomic E-state index is 0.847. The smallest absolute Gasteiger partial charge is 0.160 e. The third-order valence-electron chi connectivity index (χ3n) is 16.0. The van der Waals surface area contributed by atoms with E-state index in [2.05, 4.69) is 289 Å². The number of nitrogens with zero attached hydrogens (tertiary/aromatic N) is 2. The van der Waals surface area contributed by atoms with Crippen molar-refractivity contribution >= 4 is 132 Å². The molecule has 4 heteroatoms. The SMILES string of the molecule is c1ccc(-c2ccc(N(c3ccc(-c4ccc(N(c5ccccc5)c5cc6oc7ccc8ccccc8c7c6c6ccccc56)cc4)c4ccccc34)c3cc4ccccc4c4c3oc3ccc5ccccc5c34)cc2)cc1. The standard InChI is InChI=1S/C74H46N2O2/c1-3-17-47(18-4-1)48-31-37-55(38-32-48)76(66-45-52-21-9-12-26-59(52)73-71-58-25-11-8-20-50(58)36-44-68(71)78-74(66)73)64-42-41-56(60-27-13-14-28-61(60)64)51-33-39-54(40-34-51)75(53-22-5-2-6-23-53)65-46-69-72(63-30-16-15-29-62(63)65)70-57-24-10-7-19-49(57)35-43-67(70)77-69/h1-46H. The van der Waals surface area contributed by atoms with Gasteiger partial charge >= 0.3 is 0 Å². The van der Waals surface area contributed by atoms with Crippen LogP contribution >= 0.6 is 0 Å². The van der Waals surface area contributed by atoms with E-state index in [-0.39, 0.29) is 0 Å². The van der Waals surface area contributed by atoms with Crippen LogP contribution in [0.25, 0.3) is 120 Å². The van der Waals surface area contributed by atoms with Crippen LogP contribution in [0.2, 0.25) is 0 Å². The summed E-state index contributed by atoms with van der Waals surface area (Å²) >= 11 is 0. The normalized spacial score (nSPS) is 11.8. The Bertz CT molecular complexity index is 5020. The van der Waals surface area contributed by atoms with Gasteiger partial charge in [-0.1, -0.05) is 212 Å². The van der Waals surface area contributed by atoms with Crippen molar-refractivity contribution in [2.45, 2.75) is 0 Å². The van der Waals surface area contributed by atoms with Crippen LogP contribution in [0.4, 0.5) is 34.1 Å². The maximum absolute atomic E-state index is 7.14. The highest BCUT2D eigenvalue weighted by Crippen LogP contribution is 2.51. The lowest BCUT2D eigenvalue weighted by atomic mass is 9.95. The topological polar surface area (TPSA) is 32.8 Å². The molecule has 0 unspecified atom stereocenters. The number of furan rings is 2. The second-order valence-corrected chi connectivity index (χ2v) is 20.3. The first kappa shape index (κ1) is 43.9. The fourth-order valence-electron chi connectivity index (χ4n) is 12.5. The number of hydrogen-bond acceptors (Lipinski definition) is 4. The minimum atomic E-state index is 0.847. The molecule has 0 radical (unpaired) electrons. The maximum Gasteiger partial charge on any atom is 0.160 e. The summed E-state index contributed by atoms with van der Waals surface area (Å²) in [6, 6.07) is 101. The number of fused-ring (bicyclic) bond motifs is 15. The van der Waals surface area contributed by atoms with Crippen LogP contribution < -0.4 is 9.80 Å². The summed E-state index contributed by atoms with van der Waals surface area (Å²) in [6.45, 7) is 0. The molecule has 14 aromatic carbocycles. The van der Waals surface area contributed by atoms with E-state index in [9.17, 15) is 0 Å². The third kappa shape index (κ3) is 6.87. The van der Waals surface area contributed by atoms with Gasteiger partial charge in [-0.3, -0.25) is 0 Å². The van der Waals surface area contributed by atoms with Crippen molar-refractivity contribution in [1.29, 1.82) is 0 Å². The second kappa shape index (κ2) is 17.6. The molecule has 0 spiro atoms. The molecule has 16 aromatic rings. The Labute approximate surface area is 449 Å². The highest BCUT2D eigenvalue weighted by molar-refractivity contribution is 6.30. The molecule has 0 saturated carbocycles. The molecule has 0 aliphatic carbocycles. The average Bonchev–Trinajstić information content (AvgIpc) is 4.16. The molecule has 78 heavy (non-hydrogen) atoms. The van der Waals surface area contributed by atoms with Crippen molar-refractivity contribution in [2.75, 3.05) is 9.80 Å². The van der Waals surface area contributed by atoms with Crippen LogP contribution in [0.15, 0.2) is 288 Å². The van der Waals surface area contributed by atoms with E-state index in [0.29, 0.717) is 0 Å². The maximum atomic E-state index is 7.14. The van der Waals surface area contributed by atoms with Gasteiger partial charge in [0.15, 0.2) is 5.58 Å². The molecule has 0 aliphatic heterocycles. The van der Waals surface area contributed by atoms with Gasteiger partial charge in [-0.15, -0.1) is 0 Å². The number of benzene rings is 14. The molecule has 2 aromatic heterocycles. The highest BCUT2D eigenvalue weighted by atomic mass is 16.3. The fourth-order valence-corrected chi connectivity index (χ4v) is 12.5. The van der Waals surface area contributed by atoms with Gasteiger partial charge in [0.05, 0.1) is 17.1 Å². The lowest BCUT2D eigenvalue weighted by Crippen LogP contribution is -2.11. The van der Waals surface area contributed by atoms with E-state index in [1.807, 2.05) is 0 Å². The first-order chi connectivity index (χ1) is 38.7. The van der Waals surface area contributed by atoms with E-state index < -0.39 is 0 Å². The molecular formula is C74H46N2O2. The lowest BCUT2D eigenvalue weighted by molar-refractivity contribution is 0.669. The fraction of sp³-hybridized carbons (Fsp3) is 0. The minimum Gasteiger partial charge on any atom is -0.456 e. The monoisotopic (exact) mass is 994 g/mol. The average molecular weight is 995 g/mol. The lowest BCUT2D eigenvalue weighted by Gasteiger charge is -2.28. The van der Waals surface area contributed by atoms with Gasteiger partial charge in [-0.2, -0.15) is 0 Å². The van der Waals surface area contributed by atoms with Gasteiger partial charge in [0, 0.05) is 55.4 Å². The highest BCUT2D eigenvalue weighted by Gasteiger charge is 2.26. The summed E-state index contributed by atoms with van der Waals surface area (Å²) in [5, 5.41) is 16.2. The van der Waals surface area contributed by atoms with Gasteiger partial charge in [-0.25, -0.2) is 0 Å². The Morgan fingerprint density at radius 1 is 0.231 bits per heavy atom. The van der Waals surface area contributed by atoms with E-state index in [1.54, 1.807) is 0 Å². The quantitative estimate of drug-likeness (QED) is 0.152. The van der Waals surface area contributed by atoms with Crippen LogP contribution in [0.5, 0.6) is 0 Å². The van der Waals surface area contributed by atoms with Crippen molar-refractivity contribution in [2.24, 2.45) is 0 Å². The molecule has 4 nitrogen and oxygen atoms in total. The molecule has 0 N–H and O–H groups in total. The first-order valence-corrected chi connectivity index (χ1v) is 26.6. The van der Waals surface area contributed by atoms with Crippen LogP contribution in [0.1, 0.15) is 0 Å². The van der Waals surface area contributed by atoms with Crippen molar-refractivity contribution < 1.29 is 8.83 Å². The predicted molar refractivity (Wildman–Crippen MR) is 329 cm³/mol. The summed E-state index contributed by atoms with van der Waals surface area (Å²) in [4.78, 5) is 4.77. The number of anilines is 6. The molecule has 0 fully saturated rings. The Morgan fingerprint density at radius 3 is 1.36 bits per heavy atom. The Balaban J connectivity index is 0.869. The largest absolute Gasteiger partial charge is 0.456 e. The summed E-state index contributed by atoms with van der Waals surface area (Å²) in [5.41, 5.74) is 14.3. The molecule has 0 bridgehead atoms. The summed E-state index contributed by atoms with van der Waals surface area (Å²) in [5.74, 6) is 0. The zero-order valence-corrected chi connectivity index (χ0v) is 42.3. The molecule has 16 rings (SSSR count). The van der Waals surface area contributed by atoms with E-state index >= 15 is 0 Å². The Morgan fingerprint density at radius 2 is 0.692 bits per heavy atom. The molecule has 364 valence electrons. The molecule has 0 atom stereocenters. The van der Waals surface area contributed by atoms with Gasteiger partial charge in [0.25, 0.3) is 0 Å². The summed E-state index contributed by atoms with van der Waals surface area (Å²) in [6.07, 6.45) is 0. The second-order valence-electron chi connectivity index (χ2n) is 20.3. The zero-order chi connectivity index (χ0) is 51.3. The van der Waals surface area contributed by atoms with E-state index in [4.69, 9.17) is 8.83 Å². The van der Waals surface area contributed by atoms with E-state index in [1.165, 1.54) is 27.1 Å². The van der Waals surface area contributed by atoms with Gasteiger partial charge < -0.3 is 18.6 Å². The van der Waals surface area contributed by atoms with Crippen LogP contribution in [-0.2, 0) is 0 Å². The van der Waals surface area contributed by atoms with Crippen molar-refractivity contribution in [1.82, 2.24) is 0 Å². The van der Waals surface area contributed by atoms with Crippen LogP contribution in [0, 0.1) is 0 Å². The first-order valence-electron chi connectivity index (χ1n) is 26.6. The van der Waals surface area contributed by atoms with Gasteiger partial charge in [0.2, 0.25) is 0 Å². The summed E-state index contributed by atoms with van der Waals surface area (Å²) < 4.78 is 13.9. The predicted octanol–water partition coefficient (Wildman–Crippen LogP) is 21.5. The number of hydrogen-bond donors (Lipinski definition) is 0. The zero-order valence-electron chi connectivity index (χ0n) is 42.3.